The van der Waals surface area contributed by atoms with E-state index in [0.717, 1.165) is 5.56 Å². The largest absolute Gasteiger partial charge is 0.439 e. The van der Waals surface area contributed by atoms with E-state index in [0.29, 0.717) is 11.7 Å². The van der Waals surface area contributed by atoms with Gasteiger partial charge in [0.1, 0.15) is 0 Å². The second-order valence-electron chi connectivity index (χ2n) is 3.06. The van der Waals surface area contributed by atoms with Crippen LogP contribution in [-0.2, 0) is 5.88 Å². The number of benzene rings is 1. The van der Waals surface area contributed by atoms with E-state index in [9.17, 15) is 10.1 Å². The molecule has 0 N–H and O–H groups in total. The molecule has 1 aromatic carbocycles. The SMILES string of the molecule is O=[N+]([O-])c1ccc(-c2cnc(CCl)o2)cc1. The molecule has 0 unspecified atom stereocenters. The van der Waals surface area contributed by atoms with Crippen LogP contribution in [0, 0.1) is 10.1 Å². The predicted octanol–water partition coefficient (Wildman–Crippen LogP) is 2.99. The van der Waals surface area contributed by atoms with E-state index in [-0.39, 0.29) is 11.6 Å². The summed E-state index contributed by atoms with van der Waals surface area (Å²) in [6, 6.07) is 6.05. The molecule has 0 atom stereocenters. The van der Waals surface area contributed by atoms with E-state index in [1.807, 2.05) is 0 Å². The average molecular weight is 239 g/mol. The van der Waals surface area contributed by atoms with Gasteiger partial charge in [-0.2, -0.15) is 0 Å². The van der Waals surface area contributed by atoms with Crippen molar-refractivity contribution in [2.24, 2.45) is 0 Å². The van der Waals surface area contributed by atoms with Crippen molar-refractivity contribution in [1.82, 2.24) is 4.98 Å². The Morgan fingerprint density at radius 1 is 1.38 bits per heavy atom. The average Bonchev–Trinajstić information content (AvgIpc) is 2.77. The lowest BCUT2D eigenvalue weighted by Crippen LogP contribution is -1.86. The van der Waals surface area contributed by atoms with Gasteiger partial charge >= 0.3 is 0 Å². The number of halogens is 1. The molecule has 0 fully saturated rings. The highest BCUT2D eigenvalue weighted by Crippen LogP contribution is 2.23. The van der Waals surface area contributed by atoms with Crippen LogP contribution in [0.2, 0.25) is 0 Å². The van der Waals surface area contributed by atoms with E-state index in [2.05, 4.69) is 4.98 Å². The van der Waals surface area contributed by atoms with Crippen molar-refractivity contribution in [1.29, 1.82) is 0 Å². The highest BCUT2D eigenvalue weighted by atomic mass is 35.5. The molecular weight excluding hydrogens is 232 g/mol. The van der Waals surface area contributed by atoms with Crippen molar-refractivity contribution in [2.75, 3.05) is 0 Å². The number of hydrogen-bond donors (Lipinski definition) is 0. The van der Waals surface area contributed by atoms with Gasteiger partial charge in [0.25, 0.3) is 5.69 Å². The Kier molecular flexibility index (Phi) is 2.87. The molecule has 82 valence electrons. The van der Waals surface area contributed by atoms with Gasteiger partial charge in [0, 0.05) is 17.7 Å². The maximum Gasteiger partial charge on any atom is 0.269 e. The number of nitro benzene ring substituents is 1. The quantitative estimate of drug-likeness (QED) is 0.468. The molecule has 2 rings (SSSR count). The first kappa shape index (κ1) is 10.6. The maximum atomic E-state index is 10.5. The molecule has 0 saturated carbocycles. The summed E-state index contributed by atoms with van der Waals surface area (Å²) >= 11 is 5.55. The first-order valence-corrected chi connectivity index (χ1v) is 4.99. The third-order valence-electron chi connectivity index (χ3n) is 2.03. The van der Waals surface area contributed by atoms with Gasteiger partial charge in [-0.05, 0) is 12.1 Å². The number of nitrogens with zero attached hydrogens (tertiary/aromatic N) is 2. The molecule has 0 bridgehead atoms. The minimum absolute atomic E-state index is 0.0424. The monoisotopic (exact) mass is 238 g/mol. The van der Waals surface area contributed by atoms with Gasteiger partial charge in [0.05, 0.1) is 17.0 Å². The van der Waals surface area contributed by atoms with Gasteiger partial charge < -0.3 is 4.42 Å². The van der Waals surface area contributed by atoms with Crippen molar-refractivity contribution in [3.05, 3.63) is 46.5 Å². The lowest BCUT2D eigenvalue weighted by Gasteiger charge is -1.95. The Labute approximate surface area is 95.8 Å². The third-order valence-corrected chi connectivity index (χ3v) is 2.26. The molecule has 5 nitrogen and oxygen atoms in total. The number of aromatic nitrogens is 1. The smallest absolute Gasteiger partial charge is 0.269 e. The van der Waals surface area contributed by atoms with E-state index in [4.69, 9.17) is 16.0 Å². The third kappa shape index (κ3) is 2.04. The van der Waals surface area contributed by atoms with E-state index < -0.39 is 4.92 Å². The number of nitro groups is 1. The summed E-state index contributed by atoms with van der Waals surface area (Å²) in [4.78, 5) is 13.9. The minimum Gasteiger partial charge on any atom is -0.439 e. The van der Waals surface area contributed by atoms with Crippen LogP contribution in [0.1, 0.15) is 5.89 Å². The number of rotatable bonds is 3. The van der Waals surface area contributed by atoms with Gasteiger partial charge in [-0.25, -0.2) is 4.98 Å². The molecule has 0 spiro atoms. The predicted molar refractivity (Wildman–Crippen MR) is 58.2 cm³/mol. The Morgan fingerprint density at radius 3 is 2.56 bits per heavy atom. The molecule has 0 aliphatic rings. The Morgan fingerprint density at radius 2 is 2.06 bits per heavy atom. The van der Waals surface area contributed by atoms with Crippen LogP contribution in [0.15, 0.2) is 34.9 Å². The zero-order valence-corrected chi connectivity index (χ0v) is 8.85. The molecule has 0 aliphatic heterocycles. The van der Waals surface area contributed by atoms with E-state index in [1.165, 1.54) is 12.1 Å². The summed E-state index contributed by atoms with van der Waals surface area (Å²) < 4.78 is 5.31. The normalized spacial score (nSPS) is 10.3. The van der Waals surface area contributed by atoms with Gasteiger partial charge in [0.2, 0.25) is 5.89 Å². The first-order chi connectivity index (χ1) is 7.70. The molecule has 16 heavy (non-hydrogen) atoms. The zero-order chi connectivity index (χ0) is 11.5. The fourth-order valence-corrected chi connectivity index (χ4v) is 1.38. The molecule has 1 aromatic heterocycles. The van der Waals surface area contributed by atoms with Crippen LogP contribution in [0.3, 0.4) is 0 Å². The van der Waals surface area contributed by atoms with E-state index in [1.54, 1.807) is 18.3 Å². The zero-order valence-electron chi connectivity index (χ0n) is 8.09. The number of alkyl halides is 1. The lowest BCUT2D eigenvalue weighted by molar-refractivity contribution is -0.384. The van der Waals surface area contributed by atoms with Crippen molar-refractivity contribution >= 4 is 17.3 Å². The lowest BCUT2D eigenvalue weighted by atomic mass is 10.2. The van der Waals surface area contributed by atoms with Crippen LogP contribution in [0.4, 0.5) is 5.69 Å². The number of oxazole rings is 1. The van der Waals surface area contributed by atoms with Crippen LogP contribution in [0.25, 0.3) is 11.3 Å². The second-order valence-corrected chi connectivity index (χ2v) is 3.32. The van der Waals surface area contributed by atoms with Crippen molar-refractivity contribution in [3.63, 3.8) is 0 Å². The summed E-state index contributed by atoms with van der Waals surface area (Å²) in [5.41, 5.74) is 0.773. The fourth-order valence-electron chi connectivity index (χ4n) is 1.25. The second kappa shape index (κ2) is 4.32. The van der Waals surface area contributed by atoms with Crippen molar-refractivity contribution in [2.45, 2.75) is 5.88 Å². The molecule has 0 saturated heterocycles. The highest BCUT2D eigenvalue weighted by Gasteiger charge is 2.08. The van der Waals surface area contributed by atoms with Crippen LogP contribution >= 0.6 is 11.6 Å². The molecule has 0 amide bonds. The molecule has 1 heterocycles. The fraction of sp³-hybridized carbons (Fsp3) is 0.100. The topological polar surface area (TPSA) is 69.2 Å². The minimum atomic E-state index is -0.450. The van der Waals surface area contributed by atoms with Gasteiger partial charge in [0.15, 0.2) is 5.76 Å². The molecule has 6 heteroatoms. The molecule has 0 aliphatic carbocycles. The standard InChI is InChI=1S/C10H7ClN2O3/c11-5-10-12-6-9(16-10)7-1-3-8(4-2-7)13(14)15/h1-4,6H,5H2. The van der Waals surface area contributed by atoms with Crippen molar-refractivity contribution < 1.29 is 9.34 Å². The molecule has 2 aromatic rings. The van der Waals surface area contributed by atoms with E-state index >= 15 is 0 Å². The summed E-state index contributed by atoms with van der Waals surface area (Å²) in [5.74, 6) is 1.17. The van der Waals surface area contributed by atoms with Crippen LogP contribution < -0.4 is 0 Å². The summed E-state index contributed by atoms with van der Waals surface area (Å²) in [6.07, 6.45) is 1.54. The molecule has 0 radical (unpaired) electrons. The Balaban J connectivity index is 2.30. The maximum absolute atomic E-state index is 10.5. The number of hydrogen-bond acceptors (Lipinski definition) is 4. The van der Waals surface area contributed by atoms with Crippen LogP contribution in [0.5, 0.6) is 0 Å². The van der Waals surface area contributed by atoms with Crippen molar-refractivity contribution in [3.8, 4) is 11.3 Å². The van der Waals surface area contributed by atoms with Gasteiger partial charge in [-0.3, -0.25) is 10.1 Å². The van der Waals surface area contributed by atoms with Crippen LogP contribution in [-0.4, -0.2) is 9.91 Å². The summed E-state index contributed by atoms with van der Waals surface area (Å²) in [7, 11) is 0. The molecular formula is C10H7ClN2O3. The van der Waals surface area contributed by atoms with Gasteiger partial charge in [-0.1, -0.05) is 0 Å². The summed E-state index contributed by atoms with van der Waals surface area (Å²) in [6.45, 7) is 0. The Bertz CT molecular complexity index is 507. The Hall–Kier alpha value is -1.88. The number of non-ortho nitro benzene ring substituents is 1. The highest BCUT2D eigenvalue weighted by molar-refractivity contribution is 6.16. The van der Waals surface area contributed by atoms with Gasteiger partial charge in [-0.15, -0.1) is 11.6 Å². The first-order valence-electron chi connectivity index (χ1n) is 4.46. The summed E-state index contributed by atoms with van der Waals surface area (Å²) in [5, 5.41) is 10.5.